The molecule has 0 amide bonds. The lowest BCUT2D eigenvalue weighted by molar-refractivity contribution is -0.140. The molecule has 0 spiro atoms. The Balaban J connectivity index is 1.76. The van der Waals surface area contributed by atoms with Crippen LogP contribution in [-0.4, -0.2) is 50.0 Å². The van der Waals surface area contributed by atoms with E-state index in [0.717, 1.165) is 37.8 Å². The summed E-state index contributed by atoms with van der Waals surface area (Å²) in [6, 6.07) is -0.937. The van der Waals surface area contributed by atoms with E-state index in [1.807, 2.05) is 6.20 Å². The molecular formula is C17H27N5O3. The van der Waals surface area contributed by atoms with E-state index in [1.54, 1.807) is 4.68 Å². The van der Waals surface area contributed by atoms with Crippen molar-refractivity contribution in [1.29, 1.82) is 0 Å². The van der Waals surface area contributed by atoms with Crippen LogP contribution in [0.5, 0.6) is 0 Å². The second kappa shape index (κ2) is 8.05. The van der Waals surface area contributed by atoms with Gasteiger partial charge < -0.3 is 16.2 Å². The zero-order valence-corrected chi connectivity index (χ0v) is 14.4. The van der Waals surface area contributed by atoms with Crippen molar-refractivity contribution < 1.29 is 14.7 Å². The third-order valence-corrected chi connectivity index (χ3v) is 5.29. The van der Waals surface area contributed by atoms with E-state index in [4.69, 9.17) is 5.73 Å². The first kappa shape index (κ1) is 18.0. The molecule has 0 radical (unpaired) electrons. The molecule has 2 heterocycles. The molecule has 1 fully saturated rings. The number of fused-ring (bicyclic) bond motifs is 3. The van der Waals surface area contributed by atoms with Crippen LogP contribution in [0.1, 0.15) is 50.6 Å². The number of aryl methyl sites for hydroxylation is 1. The summed E-state index contributed by atoms with van der Waals surface area (Å²) in [7, 11) is 0. The molecule has 1 aliphatic heterocycles. The molecule has 1 aliphatic carbocycles. The van der Waals surface area contributed by atoms with Crippen LogP contribution in [0.4, 0.5) is 0 Å². The first-order chi connectivity index (χ1) is 12.0. The Morgan fingerprint density at radius 1 is 1.24 bits per heavy atom. The maximum absolute atomic E-state index is 12.7. The van der Waals surface area contributed by atoms with Gasteiger partial charge >= 0.3 is 5.97 Å². The number of rotatable bonds is 1. The zero-order valence-electron chi connectivity index (χ0n) is 14.4. The fourth-order valence-corrected chi connectivity index (χ4v) is 4.00. The number of hydrogen-bond donors (Lipinski definition) is 3. The molecule has 1 aromatic heterocycles. The van der Waals surface area contributed by atoms with Gasteiger partial charge in [0, 0.05) is 43.6 Å². The van der Waals surface area contributed by atoms with Crippen molar-refractivity contribution in [2.24, 2.45) is 11.7 Å². The molecule has 25 heavy (non-hydrogen) atoms. The summed E-state index contributed by atoms with van der Waals surface area (Å²) in [5, 5.41) is 20.9. The summed E-state index contributed by atoms with van der Waals surface area (Å²) < 4.78 is 1.77. The summed E-state index contributed by atoms with van der Waals surface area (Å²) in [6.07, 6.45) is 7.49. The SMILES string of the molecule is NC1CC(=O)C2CCCC2NC(C(=O)O)CCCCn2cc(nn2)C1. The van der Waals surface area contributed by atoms with Gasteiger partial charge in [0.1, 0.15) is 11.8 Å². The van der Waals surface area contributed by atoms with Crippen LogP contribution in [0, 0.1) is 5.92 Å². The Kier molecular flexibility index (Phi) is 5.80. The predicted molar refractivity (Wildman–Crippen MR) is 90.9 cm³/mol. The van der Waals surface area contributed by atoms with Crippen LogP contribution in [0.2, 0.25) is 0 Å². The van der Waals surface area contributed by atoms with E-state index in [-0.39, 0.29) is 23.8 Å². The number of hydrogen-bond acceptors (Lipinski definition) is 6. The Morgan fingerprint density at radius 3 is 2.88 bits per heavy atom. The molecule has 8 heteroatoms. The molecule has 0 aromatic carbocycles. The van der Waals surface area contributed by atoms with Crippen molar-refractivity contribution in [1.82, 2.24) is 20.3 Å². The van der Waals surface area contributed by atoms with Crippen molar-refractivity contribution in [2.75, 3.05) is 0 Å². The number of Topliss-reactive ketones (excluding diaryl/α,β-unsaturated/α-hetero) is 1. The molecule has 138 valence electrons. The van der Waals surface area contributed by atoms with Crippen molar-refractivity contribution >= 4 is 11.8 Å². The maximum Gasteiger partial charge on any atom is 0.320 e. The van der Waals surface area contributed by atoms with Gasteiger partial charge in [-0.15, -0.1) is 5.10 Å². The highest BCUT2D eigenvalue weighted by Crippen LogP contribution is 2.29. The highest BCUT2D eigenvalue weighted by Gasteiger charge is 2.35. The quantitative estimate of drug-likeness (QED) is 0.674. The van der Waals surface area contributed by atoms with Gasteiger partial charge in [-0.25, -0.2) is 0 Å². The van der Waals surface area contributed by atoms with Crippen molar-refractivity contribution in [3.05, 3.63) is 11.9 Å². The number of nitrogens with one attached hydrogen (secondary N) is 1. The maximum atomic E-state index is 12.7. The molecule has 4 unspecified atom stereocenters. The van der Waals surface area contributed by atoms with Crippen LogP contribution in [0.25, 0.3) is 0 Å². The predicted octanol–water partition coefficient (Wildman–Crippen LogP) is 0.503. The number of carbonyl (C=O) groups is 2. The molecule has 4 atom stereocenters. The zero-order chi connectivity index (χ0) is 17.8. The van der Waals surface area contributed by atoms with Crippen LogP contribution >= 0.6 is 0 Å². The summed E-state index contributed by atoms with van der Waals surface area (Å²) >= 11 is 0. The lowest BCUT2D eigenvalue weighted by Crippen LogP contribution is -2.47. The number of ketones is 1. The smallest absolute Gasteiger partial charge is 0.320 e. The molecular weight excluding hydrogens is 322 g/mol. The molecule has 1 aromatic rings. The van der Waals surface area contributed by atoms with Crippen LogP contribution in [0.3, 0.4) is 0 Å². The number of carbonyl (C=O) groups excluding carboxylic acids is 1. The summed E-state index contributed by atoms with van der Waals surface area (Å²) in [4.78, 5) is 24.3. The van der Waals surface area contributed by atoms with Gasteiger partial charge in [-0.05, 0) is 32.1 Å². The Hall–Kier alpha value is -1.80. The minimum absolute atomic E-state index is 0.0509. The first-order valence-electron chi connectivity index (χ1n) is 9.19. The van der Waals surface area contributed by atoms with E-state index in [1.165, 1.54) is 0 Å². The van der Waals surface area contributed by atoms with Gasteiger partial charge in [-0.1, -0.05) is 11.6 Å². The number of nitrogens with two attached hydrogens (primary N) is 1. The van der Waals surface area contributed by atoms with Crippen LogP contribution in [-0.2, 0) is 22.6 Å². The standard InChI is InChI=1S/C17H27N5O3/c18-11-8-12-10-22(21-20-12)7-2-1-5-15(17(24)25)19-14-6-3-4-13(14)16(23)9-11/h10-11,13-15,19H,1-9,18H2,(H,24,25). The number of nitrogens with zero attached hydrogens (tertiary/aromatic N) is 3. The monoisotopic (exact) mass is 349 g/mol. The summed E-state index contributed by atoms with van der Waals surface area (Å²) in [5.74, 6) is -0.843. The lowest BCUT2D eigenvalue weighted by atomic mass is 9.92. The van der Waals surface area contributed by atoms with Crippen molar-refractivity contribution in [3.63, 3.8) is 0 Å². The number of carboxylic acids is 1. The normalized spacial score (nSPS) is 31.8. The molecule has 4 N–H and O–H groups in total. The summed E-state index contributed by atoms with van der Waals surface area (Å²) in [6.45, 7) is 0.708. The fourth-order valence-electron chi connectivity index (χ4n) is 4.00. The summed E-state index contributed by atoms with van der Waals surface area (Å²) in [5.41, 5.74) is 6.96. The van der Waals surface area contributed by atoms with E-state index in [2.05, 4.69) is 15.6 Å². The Bertz CT molecular complexity index is 617. The topological polar surface area (TPSA) is 123 Å². The molecule has 2 aliphatic rings. The van der Waals surface area contributed by atoms with Gasteiger partial charge in [0.25, 0.3) is 0 Å². The highest BCUT2D eigenvalue weighted by molar-refractivity contribution is 5.83. The number of aliphatic carboxylic acids is 1. The van der Waals surface area contributed by atoms with Gasteiger partial charge in [0.15, 0.2) is 0 Å². The minimum atomic E-state index is -0.845. The van der Waals surface area contributed by atoms with E-state index in [9.17, 15) is 14.7 Å². The van der Waals surface area contributed by atoms with E-state index in [0.29, 0.717) is 25.8 Å². The van der Waals surface area contributed by atoms with Gasteiger partial charge in [-0.3, -0.25) is 14.3 Å². The third kappa shape index (κ3) is 4.64. The van der Waals surface area contributed by atoms with Gasteiger partial charge in [-0.2, -0.15) is 0 Å². The second-order valence-corrected chi connectivity index (χ2v) is 7.30. The molecule has 3 rings (SSSR count). The molecule has 0 saturated heterocycles. The number of aromatic nitrogens is 3. The average molecular weight is 349 g/mol. The third-order valence-electron chi connectivity index (χ3n) is 5.29. The molecule has 8 nitrogen and oxygen atoms in total. The largest absolute Gasteiger partial charge is 0.480 e. The van der Waals surface area contributed by atoms with Crippen LogP contribution < -0.4 is 11.1 Å². The Morgan fingerprint density at radius 2 is 2.08 bits per heavy atom. The van der Waals surface area contributed by atoms with Crippen LogP contribution in [0.15, 0.2) is 6.20 Å². The minimum Gasteiger partial charge on any atom is -0.480 e. The highest BCUT2D eigenvalue weighted by atomic mass is 16.4. The second-order valence-electron chi connectivity index (χ2n) is 7.30. The van der Waals surface area contributed by atoms with E-state index >= 15 is 0 Å². The molecule has 2 bridgehead atoms. The fraction of sp³-hybridized carbons (Fsp3) is 0.765. The molecule has 1 saturated carbocycles. The van der Waals surface area contributed by atoms with Crippen molar-refractivity contribution in [3.8, 4) is 0 Å². The average Bonchev–Trinajstić information content (AvgIpc) is 3.18. The van der Waals surface area contributed by atoms with Gasteiger partial charge in [0.05, 0.1) is 5.69 Å². The van der Waals surface area contributed by atoms with Gasteiger partial charge in [0.2, 0.25) is 0 Å². The first-order valence-corrected chi connectivity index (χ1v) is 9.19. The Labute approximate surface area is 147 Å². The van der Waals surface area contributed by atoms with Crippen molar-refractivity contribution in [2.45, 2.75) is 76.0 Å². The number of carboxylic acid groups (broad SMARTS) is 1. The van der Waals surface area contributed by atoms with E-state index < -0.39 is 12.0 Å². The lowest BCUT2D eigenvalue weighted by Gasteiger charge is -2.25.